The number of likely N-dealkylation sites (tertiary alicyclic amines) is 1. The maximum Gasteiger partial charge on any atom is 0.178 e. The normalized spacial score (nSPS) is 16.5. The van der Waals surface area contributed by atoms with Crippen molar-refractivity contribution in [1.29, 1.82) is 0 Å². The largest absolute Gasteiger partial charge is 0.486 e. The molecule has 3 aromatic rings. The fourth-order valence-electron chi connectivity index (χ4n) is 5.02. The quantitative estimate of drug-likeness (QED) is 0.433. The minimum absolute atomic E-state index is 0.00533. The van der Waals surface area contributed by atoms with Gasteiger partial charge >= 0.3 is 0 Å². The molecule has 1 aromatic heterocycles. The minimum Gasteiger partial charge on any atom is -0.486 e. The molecular formula is C28H29F3N4O. The summed E-state index contributed by atoms with van der Waals surface area (Å²) in [6.07, 6.45) is 4.90. The van der Waals surface area contributed by atoms with Crippen LogP contribution in [-0.4, -0.2) is 54.7 Å². The maximum atomic E-state index is 15.0. The Kier molecular flexibility index (Phi) is 6.96. The highest BCUT2D eigenvalue weighted by atomic mass is 19.1. The molecule has 0 amide bonds. The summed E-state index contributed by atoms with van der Waals surface area (Å²) < 4.78 is 50.1. The third-order valence-corrected chi connectivity index (χ3v) is 6.97. The van der Waals surface area contributed by atoms with Crippen LogP contribution >= 0.6 is 0 Å². The zero-order chi connectivity index (χ0) is 25.2. The number of benzene rings is 2. The molecule has 5 rings (SSSR count). The van der Waals surface area contributed by atoms with E-state index in [1.165, 1.54) is 12.1 Å². The van der Waals surface area contributed by atoms with E-state index in [9.17, 15) is 13.2 Å². The molecule has 5 nitrogen and oxygen atoms in total. The van der Waals surface area contributed by atoms with E-state index in [0.717, 1.165) is 37.7 Å². The second-order valence-corrected chi connectivity index (χ2v) is 9.48. The Morgan fingerprint density at radius 1 is 1.06 bits per heavy atom. The van der Waals surface area contributed by atoms with E-state index < -0.39 is 11.6 Å². The average Bonchev–Trinajstić information content (AvgIpc) is 2.87. The molecule has 188 valence electrons. The molecule has 0 bridgehead atoms. The Balaban J connectivity index is 1.41. The Morgan fingerprint density at radius 3 is 2.61 bits per heavy atom. The number of rotatable bonds is 6. The minimum atomic E-state index is -0.658. The maximum absolute atomic E-state index is 15.0. The molecule has 0 spiro atoms. The van der Waals surface area contributed by atoms with Crippen molar-refractivity contribution >= 4 is 5.69 Å². The van der Waals surface area contributed by atoms with Crippen molar-refractivity contribution in [3.8, 4) is 17.0 Å². The second-order valence-electron chi connectivity index (χ2n) is 9.48. The lowest BCUT2D eigenvalue weighted by molar-refractivity contribution is 0.253. The van der Waals surface area contributed by atoms with Gasteiger partial charge in [0.15, 0.2) is 17.4 Å². The van der Waals surface area contributed by atoms with E-state index >= 15 is 0 Å². The molecule has 0 saturated carbocycles. The number of piperidine rings is 1. The van der Waals surface area contributed by atoms with Crippen LogP contribution in [0, 0.1) is 17.5 Å². The van der Waals surface area contributed by atoms with Crippen molar-refractivity contribution in [1.82, 2.24) is 14.9 Å². The molecule has 0 aliphatic carbocycles. The van der Waals surface area contributed by atoms with Gasteiger partial charge < -0.3 is 14.5 Å². The lowest BCUT2D eigenvalue weighted by Gasteiger charge is -2.31. The predicted octanol–water partition coefficient (Wildman–Crippen LogP) is 5.35. The van der Waals surface area contributed by atoms with Gasteiger partial charge in [-0.1, -0.05) is 18.2 Å². The van der Waals surface area contributed by atoms with E-state index in [1.807, 2.05) is 17.0 Å². The third-order valence-electron chi connectivity index (χ3n) is 6.97. The van der Waals surface area contributed by atoms with Gasteiger partial charge in [-0.2, -0.15) is 0 Å². The van der Waals surface area contributed by atoms with Gasteiger partial charge in [0, 0.05) is 18.5 Å². The SMILES string of the molecule is C=CCN1CCOc2c(F)cc(-c3nc(Cc4ccc(C5CCN(C)CC5)c(F)c4)ncc3F)cc21. The molecule has 3 heterocycles. The summed E-state index contributed by atoms with van der Waals surface area (Å²) in [4.78, 5) is 12.7. The Hall–Kier alpha value is -3.39. The second kappa shape index (κ2) is 10.3. The number of hydrogen-bond donors (Lipinski definition) is 0. The van der Waals surface area contributed by atoms with Crippen molar-refractivity contribution in [2.75, 3.05) is 44.7 Å². The van der Waals surface area contributed by atoms with Crippen molar-refractivity contribution in [3.05, 3.63) is 83.6 Å². The molecule has 2 aliphatic heterocycles. The first-order valence-corrected chi connectivity index (χ1v) is 12.2. The fraction of sp³-hybridized carbons (Fsp3) is 0.357. The van der Waals surface area contributed by atoms with Gasteiger partial charge in [-0.3, -0.25) is 0 Å². The molecule has 0 N–H and O–H groups in total. The molecule has 1 fully saturated rings. The van der Waals surface area contributed by atoms with Crippen molar-refractivity contribution in [2.45, 2.75) is 25.2 Å². The molecule has 1 saturated heterocycles. The molecule has 2 aromatic carbocycles. The number of hydrogen-bond acceptors (Lipinski definition) is 5. The summed E-state index contributed by atoms with van der Waals surface area (Å²) in [5, 5.41) is 0. The van der Waals surface area contributed by atoms with Gasteiger partial charge in [0.05, 0.1) is 18.4 Å². The molecule has 0 radical (unpaired) electrons. The number of anilines is 1. The molecule has 2 aliphatic rings. The zero-order valence-electron chi connectivity index (χ0n) is 20.3. The van der Waals surface area contributed by atoms with E-state index in [2.05, 4.69) is 28.5 Å². The summed E-state index contributed by atoms with van der Waals surface area (Å²) in [5.74, 6) is -0.788. The Bertz CT molecular complexity index is 1270. The smallest absolute Gasteiger partial charge is 0.178 e. The summed E-state index contributed by atoms with van der Waals surface area (Å²) in [6.45, 7) is 7.10. The highest BCUT2D eigenvalue weighted by molar-refractivity contribution is 5.72. The Labute approximate surface area is 209 Å². The summed E-state index contributed by atoms with van der Waals surface area (Å²) in [6, 6.07) is 8.14. The molecular weight excluding hydrogens is 465 g/mol. The van der Waals surface area contributed by atoms with Crippen LogP contribution in [-0.2, 0) is 6.42 Å². The summed E-state index contributed by atoms with van der Waals surface area (Å²) >= 11 is 0. The van der Waals surface area contributed by atoms with Crippen molar-refractivity contribution < 1.29 is 17.9 Å². The van der Waals surface area contributed by atoms with Gasteiger partial charge in [0.2, 0.25) is 0 Å². The van der Waals surface area contributed by atoms with Gasteiger partial charge in [-0.15, -0.1) is 6.58 Å². The highest BCUT2D eigenvalue weighted by Crippen LogP contribution is 2.38. The topological polar surface area (TPSA) is 41.5 Å². The lowest BCUT2D eigenvalue weighted by atomic mass is 9.88. The fourth-order valence-corrected chi connectivity index (χ4v) is 5.02. The van der Waals surface area contributed by atoms with Crippen LogP contribution in [0.1, 0.15) is 35.7 Å². The standard InChI is InChI=1S/C28H29F3N4O/c1-3-8-35-11-12-36-28-23(30)15-20(16-25(28)35)27-24(31)17-32-26(33-27)14-18-4-5-21(22(29)13-18)19-6-9-34(2)10-7-19/h3-5,13,15-17,19H,1,6-12,14H2,2H3. The highest BCUT2D eigenvalue weighted by Gasteiger charge is 2.24. The van der Waals surface area contributed by atoms with Gasteiger partial charge in [0.25, 0.3) is 0 Å². The summed E-state index contributed by atoms with van der Waals surface area (Å²) in [5.41, 5.74) is 2.25. The molecule has 36 heavy (non-hydrogen) atoms. The monoisotopic (exact) mass is 494 g/mol. The number of fused-ring (bicyclic) bond motifs is 1. The average molecular weight is 495 g/mol. The van der Waals surface area contributed by atoms with Crippen LogP contribution in [0.3, 0.4) is 0 Å². The first-order chi connectivity index (χ1) is 17.4. The van der Waals surface area contributed by atoms with Crippen LogP contribution in [0.5, 0.6) is 5.75 Å². The number of aromatic nitrogens is 2. The van der Waals surface area contributed by atoms with Crippen LogP contribution in [0.4, 0.5) is 18.9 Å². The number of halogens is 3. The number of ether oxygens (including phenoxy) is 1. The Morgan fingerprint density at radius 2 is 1.86 bits per heavy atom. The lowest BCUT2D eigenvalue weighted by Crippen LogP contribution is -2.33. The van der Waals surface area contributed by atoms with Gasteiger partial charge in [0.1, 0.15) is 23.9 Å². The van der Waals surface area contributed by atoms with Crippen molar-refractivity contribution in [3.63, 3.8) is 0 Å². The molecule has 0 atom stereocenters. The third kappa shape index (κ3) is 4.95. The van der Waals surface area contributed by atoms with E-state index in [4.69, 9.17) is 4.74 Å². The van der Waals surface area contributed by atoms with Crippen LogP contribution < -0.4 is 9.64 Å². The first-order valence-electron chi connectivity index (χ1n) is 12.2. The molecule has 8 heteroatoms. The first kappa shape index (κ1) is 24.3. The van der Waals surface area contributed by atoms with Crippen LogP contribution in [0.2, 0.25) is 0 Å². The molecule has 0 unspecified atom stereocenters. The van der Waals surface area contributed by atoms with E-state index in [1.54, 1.807) is 12.1 Å². The summed E-state index contributed by atoms with van der Waals surface area (Å²) in [7, 11) is 2.08. The van der Waals surface area contributed by atoms with Crippen molar-refractivity contribution in [2.24, 2.45) is 0 Å². The van der Waals surface area contributed by atoms with Gasteiger partial charge in [-0.05, 0) is 68.2 Å². The number of nitrogens with zero attached hydrogens (tertiary/aromatic N) is 4. The van der Waals surface area contributed by atoms with E-state index in [-0.39, 0.29) is 35.2 Å². The predicted molar refractivity (Wildman–Crippen MR) is 134 cm³/mol. The van der Waals surface area contributed by atoms with Crippen LogP contribution in [0.25, 0.3) is 11.3 Å². The van der Waals surface area contributed by atoms with E-state index in [0.29, 0.717) is 36.8 Å². The van der Waals surface area contributed by atoms with Crippen LogP contribution in [0.15, 0.2) is 49.2 Å². The van der Waals surface area contributed by atoms with Gasteiger partial charge in [-0.25, -0.2) is 23.1 Å². The zero-order valence-corrected chi connectivity index (χ0v) is 20.3.